The topological polar surface area (TPSA) is 18.5 Å². The van der Waals surface area contributed by atoms with Gasteiger partial charge in [0, 0.05) is 22.8 Å². The minimum absolute atomic E-state index is 0.101. The van der Waals surface area contributed by atoms with Gasteiger partial charge in [0.15, 0.2) is 0 Å². The van der Waals surface area contributed by atoms with Gasteiger partial charge in [-0.15, -0.1) is 0 Å². The molecule has 0 spiro atoms. The smallest absolute Gasteiger partial charge is 0.149 e. The average molecular weight is 348 g/mol. The van der Waals surface area contributed by atoms with E-state index in [1.54, 1.807) is 18.9 Å². The highest BCUT2D eigenvalue weighted by molar-refractivity contribution is 7.99. The van der Waals surface area contributed by atoms with Crippen molar-refractivity contribution < 1.29 is 9.47 Å². The second kappa shape index (κ2) is 7.24. The number of benzene rings is 3. The number of hydrogen-bond donors (Lipinski definition) is 0. The zero-order chi connectivity index (χ0) is 17.1. The van der Waals surface area contributed by atoms with Crippen LogP contribution in [0, 0.1) is 0 Å². The van der Waals surface area contributed by atoms with Crippen molar-refractivity contribution in [1.29, 1.82) is 0 Å². The van der Waals surface area contributed by atoms with Gasteiger partial charge in [-0.3, -0.25) is 0 Å². The summed E-state index contributed by atoms with van der Waals surface area (Å²) < 4.78 is 11.6. The molecule has 0 fully saturated rings. The fourth-order valence-electron chi connectivity index (χ4n) is 3.26. The van der Waals surface area contributed by atoms with Gasteiger partial charge in [0.25, 0.3) is 0 Å². The Morgan fingerprint density at radius 2 is 1.60 bits per heavy atom. The molecule has 0 aliphatic carbocycles. The predicted octanol–water partition coefficient (Wildman–Crippen LogP) is 5.73. The third kappa shape index (κ3) is 3.52. The highest BCUT2D eigenvalue weighted by Gasteiger charge is 2.29. The van der Waals surface area contributed by atoms with Gasteiger partial charge < -0.3 is 9.47 Å². The van der Waals surface area contributed by atoms with Crippen LogP contribution in [0.2, 0.25) is 0 Å². The first-order chi connectivity index (χ1) is 12.3. The van der Waals surface area contributed by atoms with Crippen LogP contribution in [0.3, 0.4) is 0 Å². The highest BCUT2D eigenvalue weighted by Crippen LogP contribution is 2.44. The van der Waals surface area contributed by atoms with Crippen molar-refractivity contribution in [1.82, 2.24) is 0 Å². The Morgan fingerprint density at radius 3 is 2.36 bits per heavy atom. The first kappa shape index (κ1) is 16.1. The van der Waals surface area contributed by atoms with Gasteiger partial charge in [-0.1, -0.05) is 60.3 Å². The summed E-state index contributed by atoms with van der Waals surface area (Å²) in [6.45, 7) is 0. The molecule has 2 nitrogen and oxygen atoms in total. The molecule has 4 rings (SSSR count). The van der Waals surface area contributed by atoms with E-state index in [0.717, 1.165) is 17.9 Å². The van der Waals surface area contributed by atoms with Crippen molar-refractivity contribution in [2.24, 2.45) is 0 Å². The minimum atomic E-state index is 0.101. The molecule has 2 atom stereocenters. The van der Waals surface area contributed by atoms with Crippen molar-refractivity contribution in [3.63, 3.8) is 0 Å². The third-order valence-electron chi connectivity index (χ3n) is 4.51. The number of hydrogen-bond acceptors (Lipinski definition) is 3. The maximum Gasteiger partial charge on any atom is 0.149 e. The lowest BCUT2D eigenvalue weighted by Gasteiger charge is -2.32. The highest BCUT2D eigenvalue weighted by atomic mass is 32.2. The summed E-state index contributed by atoms with van der Waals surface area (Å²) in [6, 6.07) is 27.2. The maximum atomic E-state index is 6.27. The quantitative estimate of drug-likeness (QED) is 0.600. The van der Waals surface area contributed by atoms with Crippen molar-refractivity contribution in [2.75, 3.05) is 7.11 Å². The van der Waals surface area contributed by atoms with Crippen LogP contribution in [0.5, 0.6) is 11.5 Å². The van der Waals surface area contributed by atoms with Crippen LogP contribution in [0.4, 0.5) is 0 Å². The molecule has 1 heterocycles. The van der Waals surface area contributed by atoms with E-state index in [1.807, 2.05) is 24.3 Å². The molecule has 3 aromatic rings. The zero-order valence-electron chi connectivity index (χ0n) is 14.1. The van der Waals surface area contributed by atoms with Gasteiger partial charge in [0.2, 0.25) is 0 Å². The Kier molecular flexibility index (Phi) is 4.66. The summed E-state index contributed by atoms with van der Waals surface area (Å²) >= 11 is 1.79. The number of methoxy groups -OCH3 is 1. The molecule has 3 heteroatoms. The minimum Gasteiger partial charge on any atom is -0.497 e. The van der Waals surface area contributed by atoms with E-state index in [4.69, 9.17) is 9.47 Å². The lowest BCUT2D eigenvalue weighted by molar-refractivity contribution is 0.245. The molecule has 0 saturated carbocycles. The van der Waals surface area contributed by atoms with Gasteiger partial charge in [-0.2, -0.15) is 0 Å². The number of para-hydroxylation sites is 1. The second-order valence-electron chi connectivity index (χ2n) is 6.08. The molecule has 1 aliphatic rings. The van der Waals surface area contributed by atoms with Gasteiger partial charge >= 0.3 is 0 Å². The van der Waals surface area contributed by atoms with Crippen molar-refractivity contribution >= 4 is 11.8 Å². The molecule has 0 radical (unpaired) electrons. The van der Waals surface area contributed by atoms with Crippen molar-refractivity contribution in [3.8, 4) is 11.5 Å². The summed E-state index contributed by atoms with van der Waals surface area (Å²) in [7, 11) is 1.70. The summed E-state index contributed by atoms with van der Waals surface area (Å²) in [5.74, 6) is 2.21. The first-order valence-electron chi connectivity index (χ1n) is 8.45. The summed E-state index contributed by atoms with van der Waals surface area (Å²) in [6.07, 6.45) is 0.947. The Labute approximate surface area is 152 Å². The van der Waals surface area contributed by atoms with Crippen LogP contribution in [0.1, 0.15) is 23.5 Å². The van der Waals surface area contributed by atoms with E-state index in [2.05, 4.69) is 54.6 Å². The van der Waals surface area contributed by atoms with E-state index in [0.29, 0.717) is 5.92 Å². The van der Waals surface area contributed by atoms with E-state index >= 15 is 0 Å². The summed E-state index contributed by atoms with van der Waals surface area (Å²) in [4.78, 5) is 1.24. The number of rotatable bonds is 4. The van der Waals surface area contributed by atoms with Crippen LogP contribution in [0.15, 0.2) is 83.8 Å². The Balaban J connectivity index is 1.64. The molecule has 0 unspecified atom stereocenters. The van der Waals surface area contributed by atoms with Crippen molar-refractivity contribution in [3.05, 3.63) is 90.0 Å². The van der Waals surface area contributed by atoms with Gasteiger partial charge in [0.1, 0.15) is 16.9 Å². The van der Waals surface area contributed by atoms with Crippen LogP contribution < -0.4 is 9.47 Å². The van der Waals surface area contributed by atoms with Crippen LogP contribution in [-0.2, 0) is 0 Å². The largest absolute Gasteiger partial charge is 0.497 e. The van der Waals surface area contributed by atoms with E-state index < -0.39 is 0 Å². The molecular formula is C22H20O2S. The Morgan fingerprint density at radius 1 is 0.880 bits per heavy atom. The normalized spacial score (nSPS) is 18.9. The molecular weight excluding hydrogens is 328 g/mol. The van der Waals surface area contributed by atoms with Crippen LogP contribution >= 0.6 is 11.8 Å². The lowest BCUT2D eigenvalue weighted by Crippen LogP contribution is -2.23. The fraction of sp³-hybridized carbons (Fsp3) is 0.182. The van der Waals surface area contributed by atoms with E-state index in [-0.39, 0.29) is 5.44 Å². The van der Waals surface area contributed by atoms with E-state index in [1.165, 1.54) is 16.0 Å². The van der Waals surface area contributed by atoms with Crippen LogP contribution in [0.25, 0.3) is 0 Å². The van der Waals surface area contributed by atoms with Crippen molar-refractivity contribution in [2.45, 2.75) is 22.7 Å². The first-order valence-corrected chi connectivity index (χ1v) is 9.32. The SMILES string of the molecule is COc1ccc([C@@H]2C[C@H](Sc3ccccc3)Oc3ccccc32)cc1. The molecule has 0 saturated heterocycles. The maximum absolute atomic E-state index is 6.27. The average Bonchev–Trinajstić information content (AvgIpc) is 2.68. The molecule has 0 amide bonds. The Hall–Kier alpha value is -2.39. The number of fused-ring (bicyclic) bond motifs is 1. The van der Waals surface area contributed by atoms with Gasteiger partial charge in [-0.05, 0) is 35.9 Å². The second-order valence-corrected chi connectivity index (χ2v) is 7.31. The van der Waals surface area contributed by atoms with Gasteiger partial charge in [-0.25, -0.2) is 0 Å². The lowest BCUT2D eigenvalue weighted by atomic mass is 9.86. The number of thioether (sulfide) groups is 1. The molecule has 1 aliphatic heterocycles. The molecule has 0 bridgehead atoms. The molecule has 126 valence electrons. The Bertz CT molecular complexity index is 830. The standard InChI is InChI=1S/C22H20O2S/c1-23-17-13-11-16(12-14-17)20-15-22(25-18-7-3-2-4-8-18)24-21-10-6-5-9-19(20)21/h2-14,20,22H,15H2,1H3/t20-,22-/m0/s1. The van der Waals surface area contributed by atoms with E-state index in [9.17, 15) is 0 Å². The third-order valence-corrected chi connectivity index (χ3v) is 5.61. The number of ether oxygens (including phenoxy) is 2. The molecule has 0 aromatic heterocycles. The predicted molar refractivity (Wildman–Crippen MR) is 103 cm³/mol. The van der Waals surface area contributed by atoms with Crippen LogP contribution in [-0.4, -0.2) is 12.5 Å². The monoisotopic (exact) mass is 348 g/mol. The fourth-order valence-corrected chi connectivity index (χ4v) is 4.32. The molecule has 0 N–H and O–H groups in total. The van der Waals surface area contributed by atoms with Gasteiger partial charge in [0.05, 0.1) is 7.11 Å². The summed E-state index contributed by atoms with van der Waals surface area (Å²) in [5.41, 5.74) is 2.66. The molecule has 25 heavy (non-hydrogen) atoms. The molecule has 3 aromatic carbocycles. The summed E-state index contributed by atoms with van der Waals surface area (Å²) in [5, 5.41) is 0. The zero-order valence-corrected chi connectivity index (χ0v) is 14.9.